The highest BCUT2D eigenvalue weighted by molar-refractivity contribution is 5.85. The van der Waals surface area contributed by atoms with E-state index in [1.54, 1.807) is 4.68 Å². The molecule has 1 saturated heterocycles. The Balaban J connectivity index is 0.00000128. The average Bonchev–Trinajstić information content (AvgIpc) is 3.41. The molecule has 0 unspecified atom stereocenters. The molecule has 9 heteroatoms. The summed E-state index contributed by atoms with van der Waals surface area (Å²) in [5.41, 5.74) is 2.16. The molecule has 1 aliphatic carbocycles. The Hall–Kier alpha value is -2.09. The summed E-state index contributed by atoms with van der Waals surface area (Å²) in [4.78, 5) is 17.6. The molecule has 5 rings (SSSR count). The molecule has 0 bridgehead atoms. The molecule has 2 aliphatic rings. The normalized spacial score (nSPS) is 16.7. The highest BCUT2D eigenvalue weighted by Gasteiger charge is 2.27. The average molecular weight is 451 g/mol. The van der Waals surface area contributed by atoms with E-state index in [4.69, 9.17) is 5.10 Å². The monoisotopic (exact) mass is 450 g/mol. The van der Waals surface area contributed by atoms with Crippen molar-refractivity contribution in [3.8, 4) is 0 Å². The Labute approximate surface area is 188 Å². The van der Waals surface area contributed by atoms with Gasteiger partial charge in [0, 0.05) is 12.0 Å². The highest BCUT2D eigenvalue weighted by atomic mass is 35.5. The Bertz CT molecular complexity index is 1000. The van der Waals surface area contributed by atoms with Crippen LogP contribution in [-0.4, -0.2) is 37.0 Å². The van der Waals surface area contributed by atoms with Crippen LogP contribution >= 0.6 is 24.8 Å². The van der Waals surface area contributed by atoms with Gasteiger partial charge in [-0.05, 0) is 44.3 Å². The van der Waals surface area contributed by atoms with Crippen molar-refractivity contribution in [2.75, 3.05) is 13.1 Å². The van der Waals surface area contributed by atoms with Gasteiger partial charge in [0.25, 0.3) is 0 Å². The maximum atomic E-state index is 13.3. The summed E-state index contributed by atoms with van der Waals surface area (Å²) < 4.78 is 5.71. The molecule has 1 aliphatic heterocycles. The molecule has 0 radical (unpaired) electrons. The lowest BCUT2D eigenvalue weighted by Gasteiger charge is -2.22. The lowest BCUT2D eigenvalue weighted by Crippen LogP contribution is -2.30. The van der Waals surface area contributed by atoms with Crippen molar-refractivity contribution in [2.24, 2.45) is 0 Å². The Morgan fingerprint density at radius 1 is 1.00 bits per heavy atom. The van der Waals surface area contributed by atoms with Gasteiger partial charge in [0.2, 0.25) is 0 Å². The van der Waals surface area contributed by atoms with Gasteiger partial charge in [-0.3, -0.25) is 4.57 Å². The number of benzene rings is 1. The Kier molecular flexibility index (Phi) is 7.39. The van der Waals surface area contributed by atoms with Crippen LogP contribution in [-0.2, 0) is 13.1 Å². The molecule has 2 aromatic heterocycles. The van der Waals surface area contributed by atoms with E-state index >= 15 is 0 Å². The van der Waals surface area contributed by atoms with Gasteiger partial charge in [-0.1, -0.05) is 30.3 Å². The van der Waals surface area contributed by atoms with E-state index in [9.17, 15) is 4.79 Å². The van der Waals surface area contributed by atoms with Crippen LogP contribution < -0.4 is 11.0 Å². The molecular weight excluding hydrogens is 423 g/mol. The topological polar surface area (TPSA) is 69.7 Å². The van der Waals surface area contributed by atoms with E-state index < -0.39 is 0 Å². The summed E-state index contributed by atoms with van der Waals surface area (Å²) in [6.45, 7) is 3.01. The van der Waals surface area contributed by atoms with Gasteiger partial charge in [0.1, 0.15) is 5.82 Å². The summed E-state index contributed by atoms with van der Waals surface area (Å²) in [6, 6.07) is 10.7. The van der Waals surface area contributed by atoms with E-state index in [1.807, 2.05) is 35.3 Å². The summed E-state index contributed by atoms with van der Waals surface area (Å²) in [5.74, 6) is 1.25. The van der Waals surface area contributed by atoms with Gasteiger partial charge in [-0.25, -0.2) is 14.5 Å². The van der Waals surface area contributed by atoms with Gasteiger partial charge >= 0.3 is 5.69 Å². The molecule has 3 aromatic rings. The number of hydrogen-bond donors (Lipinski definition) is 1. The summed E-state index contributed by atoms with van der Waals surface area (Å²) in [6.07, 6.45) is 8.18. The fourth-order valence-electron chi connectivity index (χ4n) is 4.15. The molecule has 1 aromatic carbocycles. The maximum Gasteiger partial charge on any atom is 0.346 e. The molecule has 0 spiro atoms. The summed E-state index contributed by atoms with van der Waals surface area (Å²) >= 11 is 0. The van der Waals surface area contributed by atoms with E-state index in [-0.39, 0.29) is 30.5 Å². The molecule has 1 N–H and O–H groups in total. The Morgan fingerprint density at radius 3 is 2.43 bits per heavy atom. The largest absolute Gasteiger partial charge is 0.346 e. The summed E-state index contributed by atoms with van der Waals surface area (Å²) in [7, 11) is 0. The molecule has 1 saturated carbocycles. The fraction of sp³-hybridized carbons (Fsp3) is 0.476. The molecule has 0 atom stereocenters. The third-order valence-electron chi connectivity index (χ3n) is 5.84. The van der Waals surface area contributed by atoms with Gasteiger partial charge < -0.3 is 9.88 Å². The number of nitrogens with zero attached hydrogens (tertiary/aromatic N) is 5. The van der Waals surface area contributed by atoms with Crippen LogP contribution in [0.15, 0.2) is 47.7 Å². The zero-order chi connectivity index (χ0) is 18.9. The van der Waals surface area contributed by atoms with Crippen LogP contribution in [0.2, 0.25) is 0 Å². The number of imidazole rings is 1. The molecule has 2 fully saturated rings. The molecule has 3 heterocycles. The van der Waals surface area contributed by atoms with Gasteiger partial charge in [-0.2, -0.15) is 5.10 Å². The van der Waals surface area contributed by atoms with Gasteiger partial charge in [0.15, 0.2) is 0 Å². The standard InChI is InChI=1S/C21H26N6O.2ClH/c28-21-25(13-16-4-2-1-3-5-16)20(17-8-10-22-11-9-17)24-27(21)14-19-12-23-15-26(19)18-6-7-18;;/h1-5,12,15,17-18,22H,6-11,13-14H2;2*1H. The van der Waals surface area contributed by atoms with Gasteiger partial charge in [-0.15, -0.1) is 24.8 Å². The zero-order valence-electron chi connectivity index (χ0n) is 16.8. The number of aromatic nitrogens is 5. The van der Waals surface area contributed by atoms with Crippen molar-refractivity contribution in [3.63, 3.8) is 0 Å². The van der Waals surface area contributed by atoms with Crippen molar-refractivity contribution in [1.82, 2.24) is 29.2 Å². The van der Waals surface area contributed by atoms with Crippen molar-refractivity contribution in [2.45, 2.75) is 50.7 Å². The second kappa shape index (κ2) is 9.81. The molecule has 0 amide bonds. The number of piperidine rings is 1. The second-order valence-corrected chi connectivity index (χ2v) is 7.92. The summed E-state index contributed by atoms with van der Waals surface area (Å²) in [5, 5.41) is 8.23. The van der Waals surface area contributed by atoms with Crippen molar-refractivity contribution < 1.29 is 0 Å². The predicted octanol–water partition coefficient (Wildman–Crippen LogP) is 2.98. The van der Waals surface area contributed by atoms with E-state index in [2.05, 4.69) is 27.0 Å². The van der Waals surface area contributed by atoms with Crippen molar-refractivity contribution >= 4 is 24.8 Å². The quantitative estimate of drug-likeness (QED) is 0.626. The van der Waals surface area contributed by atoms with E-state index in [0.29, 0.717) is 25.0 Å². The fourth-order valence-corrected chi connectivity index (χ4v) is 4.15. The lowest BCUT2D eigenvalue weighted by molar-refractivity contribution is 0.430. The molecular formula is C21H28Cl2N6O. The molecule has 162 valence electrons. The van der Waals surface area contributed by atoms with Crippen LogP contribution in [0.1, 0.15) is 54.7 Å². The number of hydrogen-bond acceptors (Lipinski definition) is 4. The Morgan fingerprint density at radius 2 is 1.73 bits per heavy atom. The molecule has 7 nitrogen and oxygen atoms in total. The van der Waals surface area contributed by atoms with Crippen molar-refractivity contribution in [1.29, 1.82) is 0 Å². The zero-order valence-corrected chi connectivity index (χ0v) is 18.4. The molecule has 30 heavy (non-hydrogen) atoms. The third kappa shape index (κ3) is 4.63. The van der Waals surface area contributed by atoms with E-state index in [1.165, 1.54) is 12.8 Å². The predicted molar refractivity (Wildman–Crippen MR) is 121 cm³/mol. The van der Waals surface area contributed by atoms with Crippen molar-refractivity contribution in [3.05, 3.63) is 70.4 Å². The maximum absolute atomic E-state index is 13.3. The number of halogens is 2. The lowest BCUT2D eigenvalue weighted by atomic mass is 9.97. The number of nitrogens with one attached hydrogen (secondary N) is 1. The highest BCUT2D eigenvalue weighted by Crippen LogP contribution is 2.35. The second-order valence-electron chi connectivity index (χ2n) is 7.92. The SMILES string of the molecule is Cl.Cl.O=c1n(Cc2cncn2C2CC2)nc(C2CCNCC2)n1Cc1ccccc1. The van der Waals surface area contributed by atoms with Gasteiger partial charge in [0.05, 0.1) is 31.3 Å². The van der Waals surface area contributed by atoms with Crippen LogP contribution in [0.4, 0.5) is 0 Å². The minimum atomic E-state index is -0.0269. The van der Waals surface area contributed by atoms with E-state index in [0.717, 1.165) is 43.0 Å². The van der Waals surface area contributed by atoms with Crippen LogP contribution in [0.5, 0.6) is 0 Å². The van der Waals surface area contributed by atoms with Crippen LogP contribution in [0, 0.1) is 0 Å². The number of rotatable bonds is 6. The minimum absolute atomic E-state index is 0. The van der Waals surface area contributed by atoms with Crippen LogP contribution in [0.25, 0.3) is 0 Å². The first-order valence-corrected chi connectivity index (χ1v) is 10.2. The van der Waals surface area contributed by atoms with Crippen LogP contribution in [0.3, 0.4) is 0 Å². The minimum Gasteiger partial charge on any atom is -0.330 e. The smallest absolute Gasteiger partial charge is 0.330 e. The first-order valence-electron chi connectivity index (χ1n) is 10.2. The third-order valence-corrected chi connectivity index (χ3v) is 5.84. The first-order chi connectivity index (χ1) is 13.8. The first kappa shape index (κ1) is 22.6.